The summed E-state index contributed by atoms with van der Waals surface area (Å²) in [5.41, 5.74) is 4.32. The van der Waals surface area contributed by atoms with Crippen molar-refractivity contribution in [1.82, 2.24) is 5.01 Å². The van der Waals surface area contributed by atoms with Crippen LogP contribution in [0.3, 0.4) is 0 Å². The first-order chi connectivity index (χ1) is 19.0. The number of rotatable bonds is 7. The number of nitrogens with zero attached hydrogens (tertiary/aromatic N) is 2. The molecule has 0 saturated heterocycles. The maximum absolute atomic E-state index is 13.9. The molecule has 1 fully saturated rings. The summed E-state index contributed by atoms with van der Waals surface area (Å²) in [6.45, 7) is 0. The summed E-state index contributed by atoms with van der Waals surface area (Å²) in [4.78, 5) is 13.9. The normalized spacial score (nSPS) is 19.4. The highest BCUT2D eigenvalue weighted by molar-refractivity contribution is 6.33. The molecule has 0 spiro atoms. The predicted octanol–water partition coefficient (Wildman–Crippen LogP) is 6.81. The fraction of sp³-hybridized carbons (Fsp3) is 0.290. The van der Waals surface area contributed by atoms with Gasteiger partial charge in [0.05, 0.1) is 50.8 Å². The van der Waals surface area contributed by atoms with Gasteiger partial charge in [0.25, 0.3) is 5.91 Å². The highest BCUT2D eigenvalue weighted by Crippen LogP contribution is 2.46. The number of allylic oxidation sites excluding steroid dienone is 1. The summed E-state index contributed by atoms with van der Waals surface area (Å²) in [5.74, 6) is 2.32. The van der Waals surface area contributed by atoms with Crippen LogP contribution in [-0.4, -0.2) is 45.1 Å². The molecule has 5 rings (SSSR count). The summed E-state index contributed by atoms with van der Waals surface area (Å²) in [6.07, 6.45) is 4.85. The van der Waals surface area contributed by atoms with E-state index < -0.39 is 0 Å². The Labute approximate surface area is 233 Å². The molecule has 0 N–H and O–H groups in total. The largest absolute Gasteiger partial charge is 0.493 e. The Hall–Kier alpha value is -3.97. The second kappa shape index (κ2) is 11.4. The second-order valence-electron chi connectivity index (χ2n) is 9.46. The molecule has 8 heteroatoms. The molecule has 3 aromatic carbocycles. The van der Waals surface area contributed by atoms with Crippen LogP contribution in [-0.2, 0) is 0 Å². The number of hydrogen-bond acceptors (Lipinski definition) is 6. The zero-order chi connectivity index (χ0) is 27.5. The quantitative estimate of drug-likeness (QED) is 0.325. The third kappa shape index (κ3) is 5.06. The summed E-state index contributed by atoms with van der Waals surface area (Å²) >= 11 is 6.45. The molecule has 2 unspecified atom stereocenters. The van der Waals surface area contributed by atoms with Crippen LogP contribution >= 0.6 is 11.6 Å². The first-order valence-electron chi connectivity index (χ1n) is 12.8. The number of hydrogen-bond donors (Lipinski definition) is 0. The summed E-state index contributed by atoms with van der Waals surface area (Å²) in [5, 5.41) is 6.97. The number of benzene rings is 3. The van der Waals surface area contributed by atoms with Crippen molar-refractivity contribution in [2.24, 2.45) is 11.0 Å². The van der Waals surface area contributed by atoms with Crippen molar-refractivity contribution in [2.45, 2.75) is 25.3 Å². The van der Waals surface area contributed by atoms with E-state index in [-0.39, 0.29) is 17.9 Å². The first kappa shape index (κ1) is 26.6. The lowest BCUT2D eigenvalue weighted by Crippen LogP contribution is -2.32. The minimum atomic E-state index is -0.322. The van der Waals surface area contributed by atoms with Gasteiger partial charge in [-0.15, -0.1) is 0 Å². The minimum absolute atomic E-state index is 0.00897. The molecular formula is C31H31ClN2O5. The number of carbonyl (C=O) groups excluding carboxylic acids is 1. The van der Waals surface area contributed by atoms with Crippen molar-refractivity contribution < 1.29 is 23.7 Å². The lowest BCUT2D eigenvalue weighted by atomic mass is 9.77. The number of ether oxygens (including phenoxy) is 4. The van der Waals surface area contributed by atoms with E-state index in [4.69, 9.17) is 35.6 Å². The van der Waals surface area contributed by atoms with Crippen LogP contribution in [0.15, 0.2) is 71.3 Å². The van der Waals surface area contributed by atoms with Crippen LogP contribution < -0.4 is 18.9 Å². The number of fused-ring (bicyclic) bond motifs is 1. The zero-order valence-corrected chi connectivity index (χ0v) is 23.2. The molecule has 1 heterocycles. The molecule has 3 aromatic rings. The maximum Gasteiger partial charge on any atom is 0.276 e. The minimum Gasteiger partial charge on any atom is -0.493 e. The van der Waals surface area contributed by atoms with E-state index in [9.17, 15) is 4.79 Å². The van der Waals surface area contributed by atoms with E-state index in [2.05, 4.69) is 6.08 Å². The summed E-state index contributed by atoms with van der Waals surface area (Å²) in [7, 11) is 6.45. The molecule has 2 atom stereocenters. The average Bonchev–Trinajstić information content (AvgIpc) is 3.37. The third-order valence-electron chi connectivity index (χ3n) is 7.31. The van der Waals surface area contributed by atoms with E-state index in [1.807, 2.05) is 48.5 Å². The molecule has 1 amide bonds. The molecule has 39 heavy (non-hydrogen) atoms. The van der Waals surface area contributed by atoms with Gasteiger partial charge in [0.15, 0.2) is 23.0 Å². The molecule has 1 saturated carbocycles. The van der Waals surface area contributed by atoms with Gasteiger partial charge in [-0.05, 0) is 78.4 Å². The fourth-order valence-corrected chi connectivity index (χ4v) is 5.66. The van der Waals surface area contributed by atoms with E-state index in [1.54, 1.807) is 45.6 Å². The lowest BCUT2D eigenvalue weighted by molar-refractivity contribution is 0.0680. The van der Waals surface area contributed by atoms with Crippen molar-refractivity contribution >= 4 is 29.3 Å². The van der Waals surface area contributed by atoms with Gasteiger partial charge in [0.2, 0.25) is 0 Å². The van der Waals surface area contributed by atoms with Crippen molar-refractivity contribution in [3.63, 3.8) is 0 Å². The van der Waals surface area contributed by atoms with E-state index in [1.165, 1.54) is 0 Å². The van der Waals surface area contributed by atoms with Gasteiger partial charge in [0, 0.05) is 5.92 Å². The van der Waals surface area contributed by atoms with Gasteiger partial charge >= 0.3 is 0 Å². The number of amides is 1. The van der Waals surface area contributed by atoms with E-state index in [0.29, 0.717) is 33.6 Å². The highest BCUT2D eigenvalue weighted by Gasteiger charge is 2.44. The van der Waals surface area contributed by atoms with Crippen molar-refractivity contribution in [2.75, 3.05) is 28.4 Å². The molecule has 202 valence electrons. The summed E-state index contributed by atoms with van der Waals surface area (Å²) in [6, 6.07) is 18.4. The Bertz CT molecular complexity index is 1450. The van der Waals surface area contributed by atoms with Crippen molar-refractivity contribution in [3.8, 4) is 23.0 Å². The zero-order valence-electron chi connectivity index (χ0n) is 22.4. The van der Waals surface area contributed by atoms with Gasteiger partial charge in [0.1, 0.15) is 0 Å². The first-order valence-corrected chi connectivity index (χ1v) is 13.2. The van der Waals surface area contributed by atoms with Gasteiger partial charge in [-0.1, -0.05) is 35.9 Å². The van der Waals surface area contributed by atoms with Crippen LogP contribution in [0.2, 0.25) is 5.02 Å². The summed E-state index contributed by atoms with van der Waals surface area (Å²) < 4.78 is 22.0. The molecular weight excluding hydrogens is 516 g/mol. The lowest BCUT2D eigenvalue weighted by Gasteiger charge is -2.30. The van der Waals surface area contributed by atoms with Crippen LogP contribution in [0.5, 0.6) is 23.0 Å². The standard InChI is InChI=1S/C31H31ClN2O5/c1-36-25-14-12-19(17-27(25)38-3)16-20-8-7-10-23-29(20)33-34(31(35)22-9-5-6-11-24(22)32)30(23)21-13-15-26(37-2)28(18-21)39-4/h5-6,9,11-18,23,30H,7-8,10H2,1-4H3/b20-16+. The molecule has 1 aliphatic heterocycles. The van der Waals surface area contributed by atoms with Crippen LogP contribution in [0, 0.1) is 5.92 Å². The molecule has 7 nitrogen and oxygen atoms in total. The smallest absolute Gasteiger partial charge is 0.276 e. The highest BCUT2D eigenvalue weighted by atomic mass is 35.5. The number of carbonyl (C=O) groups is 1. The van der Waals surface area contributed by atoms with Crippen LogP contribution in [0.1, 0.15) is 46.8 Å². The Morgan fingerprint density at radius 3 is 2.26 bits per heavy atom. The average molecular weight is 547 g/mol. The van der Waals surface area contributed by atoms with Gasteiger partial charge in [-0.25, -0.2) is 5.01 Å². The Balaban J connectivity index is 1.60. The van der Waals surface area contributed by atoms with Crippen LogP contribution in [0.4, 0.5) is 0 Å². The predicted molar refractivity (Wildman–Crippen MR) is 152 cm³/mol. The number of methoxy groups -OCH3 is 4. The van der Waals surface area contributed by atoms with E-state index >= 15 is 0 Å². The van der Waals surface area contributed by atoms with Gasteiger partial charge in [-0.2, -0.15) is 5.10 Å². The molecule has 0 bridgehead atoms. The van der Waals surface area contributed by atoms with E-state index in [0.717, 1.165) is 41.7 Å². The molecule has 0 aromatic heterocycles. The Kier molecular flexibility index (Phi) is 7.79. The molecule has 2 aliphatic rings. The topological polar surface area (TPSA) is 69.6 Å². The second-order valence-corrected chi connectivity index (χ2v) is 9.86. The fourth-order valence-electron chi connectivity index (χ4n) is 5.44. The maximum atomic E-state index is 13.9. The number of halogens is 1. The monoisotopic (exact) mass is 546 g/mol. The Morgan fingerprint density at radius 2 is 1.56 bits per heavy atom. The molecule has 1 aliphatic carbocycles. The van der Waals surface area contributed by atoms with Crippen LogP contribution in [0.25, 0.3) is 6.08 Å². The van der Waals surface area contributed by atoms with Gasteiger partial charge < -0.3 is 18.9 Å². The van der Waals surface area contributed by atoms with Crippen molar-refractivity contribution in [3.05, 3.63) is 87.9 Å². The SMILES string of the molecule is COc1ccc(/C=C2\CCCC3C2=NN(C(=O)c2ccccc2Cl)C3c2ccc(OC)c(OC)c2)cc1OC. The Morgan fingerprint density at radius 1 is 0.897 bits per heavy atom. The number of hydrazone groups is 1. The molecule has 0 radical (unpaired) electrons. The third-order valence-corrected chi connectivity index (χ3v) is 7.64. The van der Waals surface area contributed by atoms with Crippen molar-refractivity contribution in [1.29, 1.82) is 0 Å². The van der Waals surface area contributed by atoms with Gasteiger partial charge in [-0.3, -0.25) is 4.79 Å².